The van der Waals surface area contributed by atoms with Crippen molar-refractivity contribution < 1.29 is 19.5 Å². The van der Waals surface area contributed by atoms with Gasteiger partial charge in [0.25, 0.3) is 0 Å². The van der Waals surface area contributed by atoms with Crippen LogP contribution in [0.1, 0.15) is 26.2 Å². The van der Waals surface area contributed by atoms with Crippen LogP contribution in [0.15, 0.2) is 0 Å². The van der Waals surface area contributed by atoms with Gasteiger partial charge in [-0.2, -0.15) is 0 Å². The molecule has 0 aromatic heterocycles. The van der Waals surface area contributed by atoms with Crippen molar-refractivity contribution in [3.63, 3.8) is 0 Å². The minimum Gasteiger partial charge on any atom is -0.394 e. The van der Waals surface area contributed by atoms with E-state index in [0.717, 1.165) is 4.90 Å². The van der Waals surface area contributed by atoms with Crippen molar-refractivity contribution in [1.82, 2.24) is 15.1 Å². The summed E-state index contributed by atoms with van der Waals surface area (Å²) in [7, 11) is 1.57. The number of nitrogens with zero attached hydrogens (tertiary/aromatic N) is 2. The molecule has 7 nitrogen and oxygen atoms in total. The fourth-order valence-corrected chi connectivity index (χ4v) is 1.86. The van der Waals surface area contributed by atoms with Crippen LogP contribution in [-0.2, 0) is 9.59 Å². The zero-order valence-corrected chi connectivity index (χ0v) is 11.4. The number of likely N-dealkylation sites (N-methyl/N-ethyl adjacent to an activating group) is 1. The topological polar surface area (TPSA) is 89.9 Å². The Hall–Kier alpha value is -1.63. The first kappa shape index (κ1) is 15.4. The van der Waals surface area contributed by atoms with Crippen LogP contribution in [0.2, 0.25) is 0 Å². The van der Waals surface area contributed by atoms with Gasteiger partial charge in [0.1, 0.15) is 6.54 Å². The lowest BCUT2D eigenvalue weighted by molar-refractivity contribution is -0.126. The SMILES string of the molecule is CC[C@@H](CO)NC(=O)CCCN1C(=O)CN(C)C1=O. The molecule has 1 saturated heterocycles. The Kier molecular flexibility index (Phi) is 5.75. The number of carbonyl (C=O) groups is 3. The summed E-state index contributed by atoms with van der Waals surface area (Å²) < 4.78 is 0. The van der Waals surface area contributed by atoms with Gasteiger partial charge < -0.3 is 15.3 Å². The second-order valence-electron chi connectivity index (χ2n) is 4.64. The molecule has 0 spiro atoms. The van der Waals surface area contributed by atoms with E-state index in [2.05, 4.69) is 5.32 Å². The molecule has 0 radical (unpaired) electrons. The molecule has 0 aromatic rings. The molecular weight excluding hydrogens is 250 g/mol. The highest BCUT2D eigenvalue weighted by Gasteiger charge is 2.32. The number of carbonyl (C=O) groups excluding carboxylic acids is 3. The first-order valence-electron chi connectivity index (χ1n) is 6.45. The predicted octanol–water partition coefficient (Wildman–Crippen LogP) is -0.452. The van der Waals surface area contributed by atoms with E-state index in [9.17, 15) is 14.4 Å². The third-order valence-electron chi connectivity index (χ3n) is 3.09. The number of nitrogens with one attached hydrogen (secondary N) is 1. The van der Waals surface area contributed by atoms with E-state index in [1.165, 1.54) is 4.90 Å². The molecule has 1 aliphatic rings. The molecule has 108 valence electrons. The Bertz CT molecular complexity index is 355. The molecule has 7 heteroatoms. The lowest BCUT2D eigenvalue weighted by Crippen LogP contribution is -2.37. The summed E-state index contributed by atoms with van der Waals surface area (Å²) in [6, 6.07) is -0.541. The van der Waals surface area contributed by atoms with Crippen LogP contribution in [0.4, 0.5) is 4.79 Å². The normalized spacial score (nSPS) is 17.0. The molecule has 4 amide bonds. The summed E-state index contributed by atoms with van der Waals surface area (Å²) in [6.07, 6.45) is 1.33. The number of rotatable bonds is 7. The Morgan fingerprint density at radius 2 is 2.16 bits per heavy atom. The van der Waals surface area contributed by atoms with E-state index >= 15 is 0 Å². The van der Waals surface area contributed by atoms with Gasteiger partial charge in [-0.3, -0.25) is 14.5 Å². The van der Waals surface area contributed by atoms with E-state index in [0.29, 0.717) is 12.8 Å². The van der Waals surface area contributed by atoms with Gasteiger partial charge in [-0.1, -0.05) is 6.92 Å². The highest BCUT2D eigenvalue weighted by molar-refractivity contribution is 6.01. The Balaban J connectivity index is 2.29. The minimum absolute atomic E-state index is 0.0872. The third kappa shape index (κ3) is 4.20. The van der Waals surface area contributed by atoms with Crippen molar-refractivity contribution in [1.29, 1.82) is 0 Å². The molecule has 1 heterocycles. The predicted molar refractivity (Wildman–Crippen MR) is 68.3 cm³/mol. The molecule has 1 atom stereocenters. The van der Waals surface area contributed by atoms with Crippen LogP contribution in [0.25, 0.3) is 0 Å². The van der Waals surface area contributed by atoms with Crippen LogP contribution in [0, 0.1) is 0 Å². The number of amides is 4. The van der Waals surface area contributed by atoms with Gasteiger partial charge in [-0.15, -0.1) is 0 Å². The Morgan fingerprint density at radius 1 is 1.47 bits per heavy atom. The summed E-state index contributed by atoms with van der Waals surface area (Å²) >= 11 is 0. The van der Waals surface area contributed by atoms with E-state index in [-0.39, 0.29) is 50.0 Å². The molecule has 1 aliphatic heterocycles. The molecule has 0 aliphatic carbocycles. The largest absolute Gasteiger partial charge is 0.394 e. The second kappa shape index (κ2) is 7.08. The van der Waals surface area contributed by atoms with Gasteiger partial charge in [0, 0.05) is 20.0 Å². The van der Waals surface area contributed by atoms with Gasteiger partial charge in [0.2, 0.25) is 11.8 Å². The molecule has 2 N–H and O–H groups in total. The van der Waals surface area contributed by atoms with Crippen LogP contribution in [-0.4, -0.2) is 65.5 Å². The van der Waals surface area contributed by atoms with Gasteiger partial charge >= 0.3 is 6.03 Å². The average molecular weight is 271 g/mol. The van der Waals surface area contributed by atoms with Gasteiger partial charge in [0.15, 0.2) is 0 Å². The summed E-state index contributed by atoms with van der Waals surface area (Å²) in [4.78, 5) is 37.1. The van der Waals surface area contributed by atoms with Crippen molar-refractivity contribution in [3.8, 4) is 0 Å². The Labute approximate surface area is 112 Å². The van der Waals surface area contributed by atoms with Gasteiger partial charge in [-0.05, 0) is 12.8 Å². The molecule has 1 rings (SSSR count). The lowest BCUT2D eigenvalue weighted by atomic mass is 10.2. The maximum absolute atomic E-state index is 11.6. The summed E-state index contributed by atoms with van der Waals surface area (Å²) in [5.74, 6) is -0.400. The van der Waals surface area contributed by atoms with Gasteiger partial charge in [0.05, 0.1) is 12.6 Å². The first-order valence-corrected chi connectivity index (χ1v) is 6.45. The molecule has 0 aromatic carbocycles. The van der Waals surface area contributed by atoms with Crippen molar-refractivity contribution in [2.75, 3.05) is 26.7 Å². The molecule has 0 unspecified atom stereocenters. The molecule has 0 saturated carbocycles. The van der Waals surface area contributed by atoms with E-state index < -0.39 is 0 Å². The fourth-order valence-electron chi connectivity index (χ4n) is 1.86. The molecule has 19 heavy (non-hydrogen) atoms. The highest BCUT2D eigenvalue weighted by Crippen LogP contribution is 2.09. The smallest absolute Gasteiger partial charge is 0.326 e. The van der Waals surface area contributed by atoms with Gasteiger partial charge in [-0.25, -0.2) is 4.79 Å². The summed E-state index contributed by atoms with van der Waals surface area (Å²) in [6.45, 7) is 2.15. The lowest BCUT2D eigenvalue weighted by Gasteiger charge is -2.16. The van der Waals surface area contributed by atoms with E-state index in [1.807, 2.05) is 6.92 Å². The number of aliphatic hydroxyl groups excluding tert-OH is 1. The molecule has 0 bridgehead atoms. The fraction of sp³-hybridized carbons (Fsp3) is 0.750. The quantitative estimate of drug-likeness (QED) is 0.614. The molecular formula is C12H21N3O4. The van der Waals surface area contributed by atoms with Crippen molar-refractivity contribution in [2.45, 2.75) is 32.2 Å². The summed E-state index contributed by atoms with van der Waals surface area (Å²) in [5.41, 5.74) is 0. The zero-order chi connectivity index (χ0) is 14.4. The van der Waals surface area contributed by atoms with E-state index in [1.54, 1.807) is 7.05 Å². The minimum atomic E-state index is -0.313. The number of imide groups is 1. The first-order chi connectivity index (χ1) is 8.99. The van der Waals surface area contributed by atoms with Crippen LogP contribution in [0.5, 0.6) is 0 Å². The number of urea groups is 1. The second-order valence-corrected chi connectivity index (χ2v) is 4.64. The standard InChI is InChI=1S/C12H21N3O4/c1-3-9(8-16)13-10(17)5-4-6-15-11(18)7-14(2)12(15)19/h9,16H,3-8H2,1-2H3,(H,13,17)/t9-/m0/s1. The van der Waals surface area contributed by atoms with Crippen molar-refractivity contribution in [3.05, 3.63) is 0 Å². The maximum atomic E-state index is 11.6. The number of aliphatic hydroxyl groups is 1. The zero-order valence-electron chi connectivity index (χ0n) is 11.4. The molecule has 1 fully saturated rings. The Morgan fingerprint density at radius 3 is 2.63 bits per heavy atom. The van der Waals surface area contributed by atoms with Crippen LogP contribution in [0.3, 0.4) is 0 Å². The van der Waals surface area contributed by atoms with Crippen LogP contribution >= 0.6 is 0 Å². The number of hydrogen-bond acceptors (Lipinski definition) is 4. The monoisotopic (exact) mass is 271 g/mol. The van der Waals surface area contributed by atoms with Crippen molar-refractivity contribution >= 4 is 17.8 Å². The summed E-state index contributed by atoms with van der Waals surface area (Å²) in [5, 5.41) is 11.6. The highest BCUT2D eigenvalue weighted by atomic mass is 16.3. The number of hydrogen-bond donors (Lipinski definition) is 2. The van der Waals surface area contributed by atoms with E-state index in [4.69, 9.17) is 5.11 Å². The third-order valence-corrected chi connectivity index (χ3v) is 3.09. The average Bonchev–Trinajstić information content (AvgIpc) is 2.62. The maximum Gasteiger partial charge on any atom is 0.326 e. The van der Waals surface area contributed by atoms with Crippen LogP contribution < -0.4 is 5.32 Å². The van der Waals surface area contributed by atoms with Crippen molar-refractivity contribution in [2.24, 2.45) is 0 Å².